The van der Waals surface area contributed by atoms with E-state index in [-0.39, 0.29) is 0 Å². The molecule has 0 aliphatic carbocycles. The van der Waals surface area contributed by atoms with Crippen LogP contribution in [0.3, 0.4) is 0 Å². The van der Waals surface area contributed by atoms with Crippen molar-refractivity contribution < 1.29 is 4.74 Å². The molecular formula is C17H24N2OS. The highest BCUT2D eigenvalue weighted by Crippen LogP contribution is 2.23. The Morgan fingerprint density at radius 1 is 1.24 bits per heavy atom. The number of aromatic nitrogens is 1. The molecule has 1 heterocycles. The van der Waals surface area contributed by atoms with Crippen molar-refractivity contribution in [3.05, 3.63) is 44.9 Å². The van der Waals surface area contributed by atoms with Crippen molar-refractivity contribution in [2.75, 3.05) is 6.54 Å². The molecule has 2 aromatic rings. The van der Waals surface area contributed by atoms with E-state index in [1.165, 1.54) is 21.7 Å². The smallest absolute Gasteiger partial charge is 0.140 e. The predicted octanol–water partition coefficient (Wildman–Crippen LogP) is 4.01. The largest absolute Gasteiger partial charge is 0.486 e. The molecule has 1 aromatic heterocycles. The molecule has 21 heavy (non-hydrogen) atoms. The van der Waals surface area contributed by atoms with E-state index >= 15 is 0 Å². The number of benzene rings is 1. The highest BCUT2D eigenvalue weighted by molar-refractivity contribution is 7.11. The van der Waals surface area contributed by atoms with Crippen LogP contribution in [0, 0.1) is 13.8 Å². The summed E-state index contributed by atoms with van der Waals surface area (Å²) in [7, 11) is 0. The van der Waals surface area contributed by atoms with E-state index in [2.05, 4.69) is 45.1 Å². The first kappa shape index (κ1) is 16.0. The molecule has 0 radical (unpaired) electrons. The Morgan fingerprint density at radius 2 is 2.05 bits per heavy atom. The second-order valence-corrected chi connectivity index (χ2v) is 6.34. The zero-order valence-electron chi connectivity index (χ0n) is 13.3. The Morgan fingerprint density at radius 3 is 2.71 bits per heavy atom. The van der Waals surface area contributed by atoms with Crippen molar-refractivity contribution in [1.82, 2.24) is 10.3 Å². The van der Waals surface area contributed by atoms with E-state index in [9.17, 15) is 0 Å². The summed E-state index contributed by atoms with van der Waals surface area (Å²) in [5.41, 5.74) is 3.63. The topological polar surface area (TPSA) is 34.1 Å². The van der Waals surface area contributed by atoms with Crippen LogP contribution in [-0.2, 0) is 19.6 Å². The summed E-state index contributed by atoms with van der Waals surface area (Å²) in [4.78, 5) is 6.03. The second-order valence-electron chi connectivity index (χ2n) is 5.17. The molecule has 0 amide bonds. The van der Waals surface area contributed by atoms with Gasteiger partial charge in [0.05, 0.1) is 5.69 Å². The zero-order chi connectivity index (χ0) is 15.2. The van der Waals surface area contributed by atoms with Crippen LogP contribution in [0.5, 0.6) is 5.75 Å². The summed E-state index contributed by atoms with van der Waals surface area (Å²) in [6, 6.07) is 6.27. The standard InChI is InChI=1S/C17H24N2OS/c1-5-14-16(10-18-6-2)21-17(19-14)11-20-15-8-7-12(3)9-13(15)4/h7-9,18H,5-6,10-11H2,1-4H3. The number of nitrogens with zero attached hydrogens (tertiary/aromatic N) is 1. The molecule has 3 nitrogen and oxygen atoms in total. The summed E-state index contributed by atoms with van der Waals surface area (Å²) < 4.78 is 5.92. The fraction of sp³-hybridized carbons (Fsp3) is 0.471. The van der Waals surface area contributed by atoms with Crippen LogP contribution >= 0.6 is 11.3 Å². The van der Waals surface area contributed by atoms with E-state index in [0.717, 1.165) is 30.3 Å². The lowest BCUT2D eigenvalue weighted by Gasteiger charge is -2.08. The van der Waals surface area contributed by atoms with Gasteiger partial charge in [-0.3, -0.25) is 0 Å². The van der Waals surface area contributed by atoms with Crippen LogP contribution in [-0.4, -0.2) is 11.5 Å². The van der Waals surface area contributed by atoms with Gasteiger partial charge in [-0.05, 0) is 38.4 Å². The Hall–Kier alpha value is -1.39. The quantitative estimate of drug-likeness (QED) is 0.839. The third-order valence-corrected chi connectivity index (χ3v) is 4.45. The average molecular weight is 304 g/mol. The van der Waals surface area contributed by atoms with Gasteiger partial charge in [0.1, 0.15) is 17.4 Å². The van der Waals surface area contributed by atoms with Crippen molar-refractivity contribution in [3.63, 3.8) is 0 Å². The SMILES string of the molecule is CCNCc1sc(COc2ccc(C)cc2C)nc1CC. The van der Waals surface area contributed by atoms with Gasteiger partial charge in [0, 0.05) is 11.4 Å². The maximum atomic E-state index is 5.92. The third kappa shape index (κ3) is 4.29. The lowest BCUT2D eigenvalue weighted by atomic mass is 10.1. The Kier molecular flexibility index (Phi) is 5.76. The number of rotatable bonds is 7. The first-order valence-electron chi connectivity index (χ1n) is 7.52. The summed E-state index contributed by atoms with van der Waals surface area (Å²) in [6.07, 6.45) is 0.973. The van der Waals surface area contributed by atoms with Gasteiger partial charge in [-0.25, -0.2) is 4.98 Å². The zero-order valence-corrected chi connectivity index (χ0v) is 14.1. The van der Waals surface area contributed by atoms with E-state index in [1.807, 2.05) is 6.07 Å². The highest BCUT2D eigenvalue weighted by atomic mass is 32.1. The fourth-order valence-electron chi connectivity index (χ4n) is 2.25. The lowest BCUT2D eigenvalue weighted by Crippen LogP contribution is -2.11. The van der Waals surface area contributed by atoms with Crippen LogP contribution in [0.1, 0.15) is 40.6 Å². The third-order valence-electron chi connectivity index (χ3n) is 3.37. The number of ether oxygens (including phenoxy) is 1. The van der Waals surface area contributed by atoms with Gasteiger partial charge in [-0.2, -0.15) is 0 Å². The summed E-state index contributed by atoms with van der Waals surface area (Å²) >= 11 is 1.75. The average Bonchev–Trinajstić information content (AvgIpc) is 2.86. The summed E-state index contributed by atoms with van der Waals surface area (Å²) in [5, 5.41) is 4.43. The molecule has 0 fully saturated rings. The van der Waals surface area contributed by atoms with E-state index in [4.69, 9.17) is 9.72 Å². The van der Waals surface area contributed by atoms with Gasteiger partial charge in [0.25, 0.3) is 0 Å². The minimum Gasteiger partial charge on any atom is -0.486 e. The molecule has 1 aromatic carbocycles. The molecule has 0 saturated heterocycles. The molecule has 0 atom stereocenters. The van der Waals surface area contributed by atoms with Gasteiger partial charge < -0.3 is 10.1 Å². The van der Waals surface area contributed by atoms with Crippen molar-refractivity contribution in [1.29, 1.82) is 0 Å². The molecule has 0 aliphatic rings. The summed E-state index contributed by atoms with van der Waals surface area (Å²) in [6.45, 7) is 10.9. The van der Waals surface area contributed by atoms with Crippen molar-refractivity contribution in [3.8, 4) is 5.75 Å². The van der Waals surface area contributed by atoms with Gasteiger partial charge in [0.2, 0.25) is 0 Å². The number of nitrogens with one attached hydrogen (secondary N) is 1. The highest BCUT2D eigenvalue weighted by Gasteiger charge is 2.10. The maximum Gasteiger partial charge on any atom is 0.140 e. The molecule has 1 N–H and O–H groups in total. The van der Waals surface area contributed by atoms with E-state index in [1.54, 1.807) is 11.3 Å². The predicted molar refractivity (Wildman–Crippen MR) is 89.1 cm³/mol. The van der Waals surface area contributed by atoms with Gasteiger partial charge in [0.15, 0.2) is 0 Å². The Balaban J connectivity index is 2.04. The number of hydrogen-bond acceptors (Lipinski definition) is 4. The number of thiazole rings is 1. The monoisotopic (exact) mass is 304 g/mol. The molecule has 4 heteroatoms. The molecule has 2 rings (SSSR count). The van der Waals surface area contributed by atoms with Gasteiger partial charge in [-0.15, -0.1) is 11.3 Å². The second kappa shape index (κ2) is 7.57. The number of hydrogen-bond donors (Lipinski definition) is 1. The molecule has 0 saturated carbocycles. The van der Waals surface area contributed by atoms with E-state index in [0.29, 0.717) is 6.61 Å². The Bertz CT molecular complexity index is 592. The van der Waals surface area contributed by atoms with Crippen molar-refractivity contribution in [2.45, 2.75) is 47.3 Å². The summed E-state index contributed by atoms with van der Waals surface area (Å²) in [5.74, 6) is 0.946. The maximum absolute atomic E-state index is 5.92. The lowest BCUT2D eigenvalue weighted by molar-refractivity contribution is 0.303. The van der Waals surface area contributed by atoms with Crippen LogP contribution in [0.2, 0.25) is 0 Å². The van der Waals surface area contributed by atoms with Crippen LogP contribution in [0.15, 0.2) is 18.2 Å². The fourth-order valence-corrected chi connectivity index (χ4v) is 3.29. The van der Waals surface area contributed by atoms with Crippen LogP contribution in [0.25, 0.3) is 0 Å². The number of aryl methyl sites for hydroxylation is 3. The molecule has 0 spiro atoms. The molecule has 0 unspecified atom stereocenters. The first-order valence-corrected chi connectivity index (χ1v) is 8.33. The van der Waals surface area contributed by atoms with Crippen LogP contribution < -0.4 is 10.1 Å². The van der Waals surface area contributed by atoms with Crippen LogP contribution in [0.4, 0.5) is 0 Å². The van der Waals surface area contributed by atoms with E-state index < -0.39 is 0 Å². The van der Waals surface area contributed by atoms with Crippen molar-refractivity contribution >= 4 is 11.3 Å². The first-order chi connectivity index (χ1) is 10.1. The van der Waals surface area contributed by atoms with Gasteiger partial charge in [-0.1, -0.05) is 31.5 Å². The molecular weight excluding hydrogens is 280 g/mol. The Labute approximate surface area is 131 Å². The molecule has 0 bridgehead atoms. The van der Waals surface area contributed by atoms with Gasteiger partial charge >= 0.3 is 0 Å². The minimum atomic E-state index is 0.549. The molecule has 114 valence electrons. The van der Waals surface area contributed by atoms with Crippen molar-refractivity contribution in [2.24, 2.45) is 0 Å². The normalized spacial score (nSPS) is 10.9. The minimum absolute atomic E-state index is 0.549. The molecule has 0 aliphatic heterocycles.